The van der Waals surface area contributed by atoms with Gasteiger partial charge < -0.3 is 24.9 Å². The third kappa shape index (κ3) is 5.83. The lowest BCUT2D eigenvalue weighted by molar-refractivity contribution is -0.131. The van der Waals surface area contributed by atoms with Gasteiger partial charge in [-0.15, -0.1) is 0 Å². The first kappa shape index (κ1) is 25.7. The van der Waals surface area contributed by atoms with Crippen LogP contribution in [0.1, 0.15) is 40.2 Å². The van der Waals surface area contributed by atoms with Gasteiger partial charge in [0.25, 0.3) is 11.8 Å². The molecule has 1 fully saturated rings. The maximum atomic E-state index is 12.9. The Bertz CT molecular complexity index is 1550. The second-order valence-electron chi connectivity index (χ2n) is 8.81. The molecule has 3 amide bonds. The van der Waals surface area contributed by atoms with Crippen LogP contribution in [0.3, 0.4) is 0 Å². The molecule has 0 atom stereocenters. The quantitative estimate of drug-likeness (QED) is 0.273. The summed E-state index contributed by atoms with van der Waals surface area (Å²) in [6.07, 6.45) is 2.28. The van der Waals surface area contributed by atoms with Crippen LogP contribution in [0.4, 0.5) is 11.6 Å². The number of hydrogen-bond acceptors (Lipinski definition) is 7. The van der Waals surface area contributed by atoms with Crippen molar-refractivity contribution < 1.29 is 19.1 Å². The third-order valence-corrected chi connectivity index (χ3v) is 6.53. The minimum absolute atomic E-state index is 0.0383. The van der Waals surface area contributed by atoms with Crippen LogP contribution in [0.5, 0.6) is 5.75 Å². The van der Waals surface area contributed by atoms with E-state index in [1.165, 1.54) is 6.33 Å². The van der Waals surface area contributed by atoms with E-state index in [1.54, 1.807) is 29.2 Å². The number of imidazole rings is 2. The summed E-state index contributed by atoms with van der Waals surface area (Å²) in [5.41, 5.74) is 1.61. The molecule has 12 nitrogen and oxygen atoms in total. The number of halogens is 1. The molecule has 4 aromatic rings. The van der Waals surface area contributed by atoms with Crippen LogP contribution in [0, 0.1) is 11.3 Å². The molecule has 2 aromatic carbocycles. The highest BCUT2D eigenvalue weighted by molar-refractivity contribution is 6.34. The minimum Gasteiger partial charge on any atom is -0.490 e. The predicted molar refractivity (Wildman–Crippen MR) is 142 cm³/mol. The molecule has 13 heteroatoms. The maximum absolute atomic E-state index is 12.9. The number of para-hydroxylation sites is 2. The highest BCUT2D eigenvalue weighted by Crippen LogP contribution is 2.29. The van der Waals surface area contributed by atoms with Crippen LogP contribution < -0.4 is 15.4 Å². The molecule has 0 unspecified atom stereocenters. The molecule has 1 aliphatic heterocycles. The lowest BCUT2D eigenvalue weighted by Gasteiger charge is -2.31. The first-order valence-corrected chi connectivity index (χ1v) is 12.5. The summed E-state index contributed by atoms with van der Waals surface area (Å²) < 4.78 is 6.01. The lowest BCUT2D eigenvalue weighted by atomic mass is 10.1. The van der Waals surface area contributed by atoms with Crippen LogP contribution in [0.15, 0.2) is 48.8 Å². The van der Waals surface area contributed by atoms with Crippen molar-refractivity contribution in [1.29, 1.82) is 5.26 Å². The molecule has 198 valence electrons. The molecule has 0 radical (unpaired) electrons. The van der Waals surface area contributed by atoms with E-state index in [1.807, 2.05) is 24.3 Å². The van der Waals surface area contributed by atoms with Gasteiger partial charge in [0, 0.05) is 32.0 Å². The average molecular weight is 547 g/mol. The number of fused-ring (bicyclic) bond motifs is 1. The number of aromatic nitrogens is 4. The lowest BCUT2D eigenvalue weighted by Crippen LogP contribution is -2.41. The number of anilines is 2. The molecule has 39 heavy (non-hydrogen) atoms. The number of aromatic amines is 2. The second-order valence-corrected chi connectivity index (χ2v) is 9.22. The summed E-state index contributed by atoms with van der Waals surface area (Å²) in [5, 5.41) is 14.2. The third-order valence-electron chi connectivity index (χ3n) is 6.22. The van der Waals surface area contributed by atoms with Gasteiger partial charge in [-0.1, -0.05) is 23.7 Å². The number of ether oxygens (including phenoxy) is 1. The summed E-state index contributed by atoms with van der Waals surface area (Å²) in [4.78, 5) is 53.3. The van der Waals surface area contributed by atoms with E-state index in [2.05, 4.69) is 30.6 Å². The molecule has 5 rings (SSSR count). The number of nitrogens with zero attached hydrogens (tertiary/aromatic N) is 4. The van der Waals surface area contributed by atoms with Crippen molar-refractivity contribution in [3.05, 3.63) is 65.2 Å². The van der Waals surface area contributed by atoms with Gasteiger partial charge in [-0.2, -0.15) is 5.26 Å². The van der Waals surface area contributed by atoms with Gasteiger partial charge in [-0.3, -0.25) is 19.7 Å². The molecule has 0 spiro atoms. The number of nitriles is 1. The molecule has 4 N–H and O–H groups in total. The van der Waals surface area contributed by atoms with E-state index in [-0.39, 0.29) is 40.8 Å². The topological polar surface area (TPSA) is 169 Å². The standard InChI is InChI=1S/C26H23ClN8O4/c27-17-13-16(39-15-8-11-35(12-9-15)21(36)7-10-28)5-6-18(17)31-24(37)22-23(30-14-29-22)25(38)34-26-32-19-3-1-2-4-20(19)33-26/h1-6,13-15H,7-9,11-12H2,(H,29,30)(H,31,37)(H2,32,33,34,38). The van der Waals surface area contributed by atoms with Gasteiger partial charge in [-0.05, 0) is 24.3 Å². The van der Waals surface area contributed by atoms with Crippen molar-refractivity contribution in [3.63, 3.8) is 0 Å². The Morgan fingerprint density at radius 3 is 2.67 bits per heavy atom. The monoisotopic (exact) mass is 546 g/mol. The van der Waals surface area contributed by atoms with Crippen molar-refractivity contribution in [2.75, 3.05) is 23.7 Å². The van der Waals surface area contributed by atoms with E-state index < -0.39 is 11.8 Å². The average Bonchev–Trinajstić information content (AvgIpc) is 3.58. The Morgan fingerprint density at radius 2 is 1.92 bits per heavy atom. The van der Waals surface area contributed by atoms with Crippen LogP contribution >= 0.6 is 11.6 Å². The second kappa shape index (κ2) is 11.2. The van der Waals surface area contributed by atoms with Gasteiger partial charge >= 0.3 is 0 Å². The number of piperidine rings is 1. The first-order valence-electron chi connectivity index (χ1n) is 12.1. The minimum atomic E-state index is -0.629. The molecular weight excluding hydrogens is 524 g/mol. The Balaban J connectivity index is 1.19. The Labute approximate surface area is 227 Å². The van der Waals surface area contributed by atoms with E-state index in [4.69, 9.17) is 21.6 Å². The number of benzene rings is 2. The maximum Gasteiger partial charge on any atom is 0.276 e. The Hall–Kier alpha value is -4.89. The summed E-state index contributed by atoms with van der Waals surface area (Å²) in [6, 6.07) is 14.1. The summed E-state index contributed by atoms with van der Waals surface area (Å²) >= 11 is 6.40. The zero-order chi connectivity index (χ0) is 27.4. The zero-order valence-electron chi connectivity index (χ0n) is 20.5. The number of amides is 3. The normalized spacial score (nSPS) is 13.6. The number of likely N-dealkylation sites (tertiary alicyclic amines) is 1. The van der Waals surface area contributed by atoms with Gasteiger partial charge in [0.1, 0.15) is 24.0 Å². The van der Waals surface area contributed by atoms with Crippen LogP contribution in [-0.4, -0.2) is 61.8 Å². The number of rotatable bonds is 7. The predicted octanol–water partition coefficient (Wildman–Crippen LogP) is 3.73. The van der Waals surface area contributed by atoms with Crippen molar-refractivity contribution in [2.24, 2.45) is 0 Å². The smallest absolute Gasteiger partial charge is 0.276 e. The van der Waals surface area contributed by atoms with Gasteiger partial charge in [-0.25, -0.2) is 9.97 Å². The van der Waals surface area contributed by atoms with E-state index in [0.717, 1.165) is 5.52 Å². The van der Waals surface area contributed by atoms with E-state index in [0.29, 0.717) is 42.9 Å². The number of carbonyl (C=O) groups excluding carboxylic acids is 3. The first-order chi connectivity index (χ1) is 18.9. The van der Waals surface area contributed by atoms with Gasteiger partial charge in [0.2, 0.25) is 11.9 Å². The summed E-state index contributed by atoms with van der Waals surface area (Å²) in [6.45, 7) is 1.03. The molecule has 0 aliphatic carbocycles. The molecule has 3 heterocycles. The molecule has 1 aliphatic rings. The van der Waals surface area contributed by atoms with Gasteiger partial charge in [0.05, 0.1) is 34.1 Å². The molecule has 0 saturated carbocycles. The molecule has 1 saturated heterocycles. The van der Waals surface area contributed by atoms with E-state index in [9.17, 15) is 14.4 Å². The van der Waals surface area contributed by atoms with E-state index >= 15 is 0 Å². The summed E-state index contributed by atoms with van der Waals surface area (Å²) in [5.74, 6) is -0.639. The van der Waals surface area contributed by atoms with Crippen molar-refractivity contribution in [1.82, 2.24) is 24.8 Å². The van der Waals surface area contributed by atoms with Crippen LogP contribution in [0.2, 0.25) is 5.02 Å². The zero-order valence-corrected chi connectivity index (χ0v) is 21.3. The summed E-state index contributed by atoms with van der Waals surface area (Å²) in [7, 11) is 0. The Morgan fingerprint density at radius 1 is 1.13 bits per heavy atom. The van der Waals surface area contributed by atoms with Crippen molar-refractivity contribution >= 4 is 52.0 Å². The fourth-order valence-corrected chi connectivity index (χ4v) is 4.49. The Kier molecular flexibility index (Phi) is 7.42. The number of nitrogens with one attached hydrogen (secondary N) is 4. The van der Waals surface area contributed by atoms with Crippen molar-refractivity contribution in [3.8, 4) is 11.8 Å². The van der Waals surface area contributed by atoms with Gasteiger partial charge in [0.15, 0.2) is 5.69 Å². The largest absolute Gasteiger partial charge is 0.490 e. The molecule has 2 aromatic heterocycles. The van der Waals surface area contributed by atoms with Crippen molar-refractivity contribution in [2.45, 2.75) is 25.4 Å². The number of carbonyl (C=O) groups is 3. The fourth-order valence-electron chi connectivity index (χ4n) is 4.27. The number of H-pyrrole nitrogens is 2. The molecular formula is C26H23ClN8O4. The SMILES string of the molecule is N#CCC(=O)N1CCC(Oc2ccc(NC(=O)c3nc[nH]c3C(=O)Nc3nc4ccccc4[nH]3)c(Cl)c2)CC1. The highest BCUT2D eigenvalue weighted by Gasteiger charge is 2.25. The highest BCUT2D eigenvalue weighted by atomic mass is 35.5. The molecule has 0 bridgehead atoms. The van der Waals surface area contributed by atoms with Crippen LogP contribution in [0.25, 0.3) is 11.0 Å². The fraction of sp³-hybridized carbons (Fsp3) is 0.231. The van der Waals surface area contributed by atoms with Crippen LogP contribution in [-0.2, 0) is 4.79 Å². The number of hydrogen-bond donors (Lipinski definition) is 4.